The Kier molecular flexibility index (Phi) is 7.02. The number of hydrogen-bond donors (Lipinski definition) is 2. The maximum atomic E-state index is 11.9. The van der Waals surface area contributed by atoms with Gasteiger partial charge in [0.2, 0.25) is 5.91 Å². The minimum atomic E-state index is -1.03. The van der Waals surface area contributed by atoms with Crippen LogP contribution < -0.4 is 10.1 Å². The number of hydrogen-bond acceptors (Lipinski definition) is 5. The van der Waals surface area contributed by atoms with Crippen molar-refractivity contribution < 1.29 is 28.9 Å². The predicted octanol–water partition coefficient (Wildman–Crippen LogP) is 1.98. The maximum absolute atomic E-state index is 11.9. The van der Waals surface area contributed by atoms with Crippen LogP contribution in [-0.4, -0.2) is 49.5 Å². The topological polar surface area (TPSA) is 94.1 Å². The summed E-state index contributed by atoms with van der Waals surface area (Å²) in [4.78, 5) is 22.4. The molecular formula is C17H23NO6. The Balaban J connectivity index is 1.71. The number of carbonyl (C=O) groups is 2. The maximum Gasteiger partial charge on any atom is 0.341 e. The smallest absolute Gasteiger partial charge is 0.341 e. The monoisotopic (exact) mass is 337 g/mol. The lowest BCUT2D eigenvalue weighted by molar-refractivity contribution is -0.139. The molecule has 2 N–H and O–H groups in total. The third kappa shape index (κ3) is 6.17. The van der Waals surface area contributed by atoms with Crippen LogP contribution >= 0.6 is 0 Å². The fourth-order valence-corrected chi connectivity index (χ4v) is 2.38. The van der Waals surface area contributed by atoms with Crippen LogP contribution in [-0.2, 0) is 19.1 Å². The van der Waals surface area contributed by atoms with Gasteiger partial charge in [-0.25, -0.2) is 4.79 Å². The van der Waals surface area contributed by atoms with Crippen LogP contribution in [0.5, 0.6) is 5.75 Å². The van der Waals surface area contributed by atoms with Crippen molar-refractivity contribution in [1.29, 1.82) is 0 Å². The van der Waals surface area contributed by atoms with Crippen LogP contribution in [0.4, 0.5) is 5.69 Å². The fraction of sp³-hybridized carbons (Fsp3) is 0.529. The summed E-state index contributed by atoms with van der Waals surface area (Å²) < 4.78 is 16.0. The Bertz CT molecular complexity index is 568. The van der Waals surface area contributed by atoms with Crippen LogP contribution in [0.2, 0.25) is 0 Å². The summed E-state index contributed by atoms with van der Waals surface area (Å²) in [6, 6.07) is 5.00. The van der Waals surface area contributed by atoms with Crippen LogP contribution in [0, 0.1) is 6.92 Å². The highest BCUT2D eigenvalue weighted by Gasteiger charge is 2.15. The van der Waals surface area contributed by atoms with E-state index < -0.39 is 12.6 Å². The molecule has 1 aliphatic heterocycles. The largest absolute Gasteiger partial charge is 0.482 e. The van der Waals surface area contributed by atoms with Gasteiger partial charge in [0.05, 0.1) is 25.7 Å². The Hall–Kier alpha value is -2.12. The molecule has 0 saturated carbocycles. The molecule has 1 saturated heterocycles. The minimum absolute atomic E-state index is 0.135. The van der Waals surface area contributed by atoms with Crippen molar-refractivity contribution in [3.05, 3.63) is 23.8 Å². The third-order valence-electron chi connectivity index (χ3n) is 3.64. The first-order valence-corrected chi connectivity index (χ1v) is 7.99. The van der Waals surface area contributed by atoms with E-state index in [1.54, 1.807) is 18.2 Å². The number of aryl methyl sites for hydroxylation is 1. The number of rotatable bonds is 9. The number of anilines is 1. The lowest BCUT2D eigenvalue weighted by atomic mass is 10.2. The van der Waals surface area contributed by atoms with Gasteiger partial charge in [-0.3, -0.25) is 4.79 Å². The number of ether oxygens (including phenoxy) is 3. The van der Waals surface area contributed by atoms with E-state index in [-0.39, 0.29) is 18.4 Å². The third-order valence-corrected chi connectivity index (χ3v) is 3.64. The van der Waals surface area contributed by atoms with Crippen LogP contribution in [0.25, 0.3) is 0 Å². The van der Waals surface area contributed by atoms with Gasteiger partial charge in [0, 0.05) is 12.3 Å². The second kappa shape index (κ2) is 9.24. The molecule has 1 atom stereocenters. The molecule has 0 bridgehead atoms. The van der Waals surface area contributed by atoms with Gasteiger partial charge in [0.15, 0.2) is 6.61 Å². The second-order valence-electron chi connectivity index (χ2n) is 5.67. The van der Waals surface area contributed by atoms with Gasteiger partial charge in [-0.1, -0.05) is 0 Å². The summed E-state index contributed by atoms with van der Waals surface area (Å²) in [6.45, 7) is 3.09. The minimum Gasteiger partial charge on any atom is -0.482 e. The van der Waals surface area contributed by atoms with Crippen molar-refractivity contribution in [2.24, 2.45) is 0 Å². The first-order valence-electron chi connectivity index (χ1n) is 7.99. The molecule has 1 fully saturated rings. The van der Waals surface area contributed by atoms with E-state index >= 15 is 0 Å². The van der Waals surface area contributed by atoms with E-state index in [0.717, 1.165) is 25.0 Å². The molecule has 7 heteroatoms. The molecule has 7 nitrogen and oxygen atoms in total. The van der Waals surface area contributed by atoms with E-state index in [4.69, 9.17) is 19.3 Å². The standard InChI is InChI=1S/C17H23NO6/c1-12-9-13(24-11-17(20)21)4-5-15(12)18-16(19)6-8-22-10-14-3-2-7-23-14/h4-5,9,14H,2-3,6-8,10-11H2,1H3,(H,18,19)(H,20,21). The van der Waals surface area contributed by atoms with Gasteiger partial charge in [-0.05, 0) is 43.5 Å². The zero-order chi connectivity index (χ0) is 17.4. The molecule has 0 aromatic heterocycles. The number of carboxylic acid groups (broad SMARTS) is 1. The van der Waals surface area contributed by atoms with Gasteiger partial charge in [-0.15, -0.1) is 0 Å². The lowest BCUT2D eigenvalue weighted by Gasteiger charge is -2.12. The Morgan fingerprint density at radius 2 is 2.25 bits per heavy atom. The van der Waals surface area contributed by atoms with E-state index in [9.17, 15) is 9.59 Å². The zero-order valence-corrected chi connectivity index (χ0v) is 13.7. The second-order valence-corrected chi connectivity index (χ2v) is 5.67. The Morgan fingerprint density at radius 3 is 2.92 bits per heavy atom. The summed E-state index contributed by atoms with van der Waals surface area (Å²) >= 11 is 0. The number of aliphatic carboxylic acids is 1. The van der Waals surface area contributed by atoms with Gasteiger partial charge in [0.1, 0.15) is 5.75 Å². The van der Waals surface area contributed by atoms with Crippen LogP contribution in [0.1, 0.15) is 24.8 Å². The first kappa shape index (κ1) is 18.2. The van der Waals surface area contributed by atoms with Gasteiger partial charge in [0.25, 0.3) is 0 Å². The predicted molar refractivity (Wildman–Crippen MR) is 87.3 cm³/mol. The molecule has 24 heavy (non-hydrogen) atoms. The number of carbonyl (C=O) groups excluding carboxylic acids is 1. The van der Waals surface area contributed by atoms with Crippen LogP contribution in [0.3, 0.4) is 0 Å². The van der Waals surface area contributed by atoms with Crippen molar-refractivity contribution in [2.45, 2.75) is 32.3 Å². The SMILES string of the molecule is Cc1cc(OCC(=O)O)ccc1NC(=O)CCOCC1CCCO1. The summed E-state index contributed by atoms with van der Waals surface area (Å²) in [6.07, 6.45) is 2.51. The van der Waals surface area contributed by atoms with Crippen molar-refractivity contribution in [3.8, 4) is 5.75 Å². The molecule has 2 rings (SSSR count). The molecule has 132 valence electrons. The van der Waals surface area contributed by atoms with Crippen molar-refractivity contribution in [1.82, 2.24) is 0 Å². The molecule has 1 heterocycles. The summed E-state index contributed by atoms with van der Waals surface area (Å²) in [5.41, 5.74) is 1.47. The highest BCUT2D eigenvalue weighted by Crippen LogP contribution is 2.21. The van der Waals surface area contributed by atoms with Crippen molar-refractivity contribution in [2.75, 3.05) is 31.7 Å². The number of nitrogens with one attached hydrogen (secondary N) is 1. The van der Waals surface area contributed by atoms with E-state index in [2.05, 4.69) is 5.32 Å². The number of benzene rings is 1. The summed E-state index contributed by atoms with van der Waals surface area (Å²) in [7, 11) is 0. The Morgan fingerprint density at radius 1 is 1.42 bits per heavy atom. The van der Waals surface area contributed by atoms with E-state index in [1.807, 2.05) is 6.92 Å². The summed E-state index contributed by atoms with van der Waals surface area (Å²) in [5, 5.41) is 11.4. The quantitative estimate of drug-likeness (QED) is 0.669. The first-order chi connectivity index (χ1) is 11.5. The molecule has 1 amide bonds. The normalized spacial score (nSPS) is 16.8. The molecule has 0 radical (unpaired) electrons. The average Bonchev–Trinajstić information content (AvgIpc) is 3.05. The highest BCUT2D eigenvalue weighted by atomic mass is 16.5. The lowest BCUT2D eigenvalue weighted by Crippen LogP contribution is -2.18. The Labute approximate surface area is 140 Å². The van der Waals surface area contributed by atoms with E-state index in [0.29, 0.717) is 24.7 Å². The molecule has 1 aromatic rings. The number of amides is 1. The molecule has 1 aliphatic rings. The molecule has 1 unspecified atom stereocenters. The van der Waals surface area contributed by atoms with E-state index in [1.165, 1.54) is 0 Å². The number of carboxylic acids is 1. The fourth-order valence-electron chi connectivity index (χ4n) is 2.38. The molecule has 1 aromatic carbocycles. The van der Waals surface area contributed by atoms with Gasteiger partial charge in [-0.2, -0.15) is 0 Å². The molecular weight excluding hydrogens is 314 g/mol. The average molecular weight is 337 g/mol. The van der Waals surface area contributed by atoms with Gasteiger partial charge < -0.3 is 24.6 Å². The zero-order valence-electron chi connectivity index (χ0n) is 13.7. The van der Waals surface area contributed by atoms with Crippen molar-refractivity contribution >= 4 is 17.6 Å². The molecule has 0 aliphatic carbocycles. The van der Waals surface area contributed by atoms with Crippen LogP contribution in [0.15, 0.2) is 18.2 Å². The highest BCUT2D eigenvalue weighted by molar-refractivity contribution is 5.91. The van der Waals surface area contributed by atoms with Crippen molar-refractivity contribution in [3.63, 3.8) is 0 Å². The van der Waals surface area contributed by atoms with Gasteiger partial charge >= 0.3 is 5.97 Å². The summed E-state index contributed by atoms with van der Waals surface area (Å²) in [5.74, 6) is -0.717. The molecule has 0 spiro atoms.